The molecule has 0 fully saturated rings. The third-order valence-corrected chi connectivity index (χ3v) is 12.9. The Bertz CT molecular complexity index is 3230. The van der Waals surface area contributed by atoms with Crippen molar-refractivity contribution >= 4 is 133 Å². The van der Waals surface area contributed by atoms with Crippen LogP contribution in [0.25, 0.3) is 33.4 Å². The van der Waals surface area contributed by atoms with Gasteiger partial charge in [-0.2, -0.15) is 13.8 Å². The van der Waals surface area contributed by atoms with Gasteiger partial charge in [-0.15, -0.1) is 0 Å². The molecule has 26 heteroatoms. The molecule has 8 aromatic carbocycles. The topological polar surface area (TPSA) is 118 Å². The zero-order valence-electron chi connectivity index (χ0n) is 43.2. The molecule has 0 radical (unpaired) electrons. The molecule has 8 nitrogen and oxygen atoms in total. The molecule has 0 aliphatic rings. The minimum atomic E-state index is -1.83. The Morgan fingerprint density at radius 1 is 0.432 bits per heavy atom. The van der Waals surface area contributed by atoms with Crippen molar-refractivity contribution in [1.82, 2.24) is 0 Å². The molecule has 426 valence electrons. The zero-order chi connectivity index (χ0) is 59.3. The van der Waals surface area contributed by atoms with Gasteiger partial charge < -0.3 is 57.9 Å². The van der Waals surface area contributed by atoms with Crippen molar-refractivity contribution in [2.75, 3.05) is 28.4 Å². The molecular formula is C55H45B2BrCl5F8IMgO8. The van der Waals surface area contributed by atoms with Crippen LogP contribution < -0.4 is 42.3 Å². The first-order valence-corrected chi connectivity index (χ1v) is 25.7. The van der Waals surface area contributed by atoms with Gasteiger partial charge in [-0.25, -0.2) is 35.1 Å². The fourth-order valence-electron chi connectivity index (χ4n) is 6.38. The predicted molar refractivity (Wildman–Crippen MR) is 316 cm³/mol. The number of hydrogen-bond acceptors (Lipinski definition) is 8. The molecule has 0 bridgehead atoms. The first-order chi connectivity index (χ1) is 37.3. The van der Waals surface area contributed by atoms with Gasteiger partial charge in [-0.1, -0.05) is 46.4 Å². The minimum absolute atomic E-state index is 0. The van der Waals surface area contributed by atoms with Crippen LogP contribution in [0.4, 0.5) is 35.1 Å². The number of ether oxygens (including phenoxy) is 4. The van der Waals surface area contributed by atoms with E-state index < -0.39 is 60.8 Å². The van der Waals surface area contributed by atoms with E-state index in [-0.39, 0.29) is 62.7 Å². The Morgan fingerprint density at radius 2 is 0.765 bits per heavy atom. The van der Waals surface area contributed by atoms with E-state index in [1.165, 1.54) is 57.7 Å². The van der Waals surface area contributed by atoms with Gasteiger partial charge >= 0.3 is 37.3 Å². The van der Waals surface area contributed by atoms with E-state index in [4.69, 9.17) is 75.4 Å². The Balaban J connectivity index is 0.000000507. The van der Waals surface area contributed by atoms with Crippen LogP contribution in [0.3, 0.4) is 0 Å². The number of hydrogen-bond donors (Lipinski definition) is 4. The quantitative estimate of drug-likeness (QED) is 0.0489. The van der Waals surface area contributed by atoms with Crippen molar-refractivity contribution in [2.45, 2.75) is 13.8 Å². The summed E-state index contributed by atoms with van der Waals surface area (Å²) in [6.45, 7) is 4.00. The molecule has 0 heterocycles. The fraction of sp³-hybridized carbons (Fsp3) is 0.109. The van der Waals surface area contributed by atoms with E-state index in [1.54, 1.807) is 43.5 Å². The van der Waals surface area contributed by atoms with Crippen LogP contribution in [0, 0.1) is 56.5 Å². The van der Waals surface area contributed by atoms with Gasteiger partial charge in [-0.3, -0.25) is 0 Å². The largest absolute Gasteiger partial charge is 2.00 e. The maximum atomic E-state index is 13.2. The van der Waals surface area contributed by atoms with E-state index in [2.05, 4.69) is 38.5 Å². The molecule has 8 aromatic rings. The molecule has 0 atom stereocenters. The molecule has 8 rings (SSSR count). The van der Waals surface area contributed by atoms with Gasteiger partial charge in [-0.05, 0) is 170 Å². The number of halogens is 15. The minimum Gasteiger partial charge on any atom is -1.00 e. The first-order valence-electron chi connectivity index (χ1n) is 22.3. The normalized spacial score (nSPS) is 9.83. The van der Waals surface area contributed by atoms with Gasteiger partial charge in [0.15, 0.2) is 0 Å². The Hall–Kier alpha value is -4.20. The van der Waals surface area contributed by atoms with Crippen molar-refractivity contribution < 1.29 is 86.6 Å². The molecule has 0 aliphatic carbocycles. The van der Waals surface area contributed by atoms with Crippen molar-refractivity contribution in [2.24, 2.45) is 0 Å². The molecule has 0 aromatic heterocycles. The molecule has 0 saturated heterocycles. The molecule has 0 amide bonds. The van der Waals surface area contributed by atoms with Crippen LogP contribution in [-0.4, -0.2) is 85.8 Å². The van der Waals surface area contributed by atoms with Gasteiger partial charge in [0.25, 0.3) is 0 Å². The SMILES string of the molecule is COc1cc(-c2cc(F)cc(F)c2)c(Cl)cc1B(O)O.COc1cc(-c2cc(F)cc(F)c2)c(Cl)cc1I.COc1ccc(Cl)c(-c2cc(F)cc(F)c2)c1.COc1ccc(Cl)c(Br)c1.C[CH-]C.OB(O)c1cc(F)cc(F)c1.[Cl-].[Mg+2]. The fourth-order valence-corrected chi connectivity index (χ4v) is 8.51. The van der Waals surface area contributed by atoms with Crippen LogP contribution in [-0.2, 0) is 0 Å². The molecule has 0 saturated carbocycles. The van der Waals surface area contributed by atoms with E-state index in [1.807, 2.05) is 32.4 Å². The Labute approximate surface area is 528 Å². The maximum absolute atomic E-state index is 13.2. The van der Waals surface area contributed by atoms with Gasteiger partial charge in [0.2, 0.25) is 0 Å². The second-order valence-corrected chi connectivity index (χ2v) is 19.3. The summed E-state index contributed by atoms with van der Waals surface area (Å²) in [6, 6.07) is 28.3. The van der Waals surface area contributed by atoms with Crippen LogP contribution in [0.1, 0.15) is 13.8 Å². The van der Waals surface area contributed by atoms with Gasteiger partial charge in [0.1, 0.15) is 69.5 Å². The Morgan fingerprint density at radius 3 is 1.11 bits per heavy atom. The van der Waals surface area contributed by atoms with Gasteiger partial charge in [0, 0.05) is 66.0 Å². The number of benzene rings is 8. The Kier molecular flexibility index (Phi) is 34.3. The van der Waals surface area contributed by atoms with Crippen molar-refractivity contribution in [3.05, 3.63) is 215 Å². The van der Waals surface area contributed by atoms with Crippen LogP contribution >= 0.6 is 84.9 Å². The van der Waals surface area contributed by atoms with E-state index in [9.17, 15) is 45.2 Å². The maximum Gasteiger partial charge on any atom is 2.00 e. The molecule has 4 N–H and O–H groups in total. The first kappa shape index (κ1) is 74.8. The summed E-state index contributed by atoms with van der Waals surface area (Å²) in [4.78, 5) is 0. The summed E-state index contributed by atoms with van der Waals surface area (Å²) in [7, 11) is 2.40. The number of rotatable bonds is 9. The van der Waals surface area contributed by atoms with Crippen LogP contribution in [0.5, 0.6) is 23.0 Å². The van der Waals surface area contributed by atoms with E-state index in [0.717, 1.165) is 56.3 Å². The molecule has 0 spiro atoms. The van der Waals surface area contributed by atoms with Crippen molar-refractivity contribution in [1.29, 1.82) is 0 Å². The average Bonchev–Trinajstić information content (AvgIpc) is 3.37. The molecule has 0 aliphatic heterocycles. The molecular weight excluding hydrogens is 1370 g/mol. The van der Waals surface area contributed by atoms with Crippen molar-refractivity contribution in [3.63, 3.8) is 0 Å². The second-order valence-electron chi connectivity index (χ2n) is 15.7. The summed E-state index contributed by atoms with van der Waals surface area (Å²) in [5.74, 6) is -3.53. The summed E-state index contributed by atoms with van der Waals surface area (Å²) in [5.41, 5.74) is 2.26. The number of methoxy groups -OCH3 is 4. The van der Waals surface area contributed by atoms with Gasteiger partial charge in [0.05, 0.1) is 37.0 Å². The van der Waals surface area contributed by atoms with E-state index in [0.29, 0.717) is 60.5 Å². The van der Waals surface area contributed by atoms with Crippen LogP contribution in [0.2, 0.25) is 20.1 Å². The monoisotopic (exact) mass is 1410 g/mol. The summed E-state index contributed by atoms with van der Waals surface area (Å²) < 4.78 is 126. The average molecular weight is 1420 g/mol. The molecule has 81 heavy (non-hydrogen) atoms. The molecule has 0 unspecified atom stereocenters. The summed E-state index contributed by atoms with van der Waals surface area (Å²) >= 11 is 29.2. The standard InChI is InChI=1S/C13H10BClF2O3.C13H8ClF2IO.C13H9ClF2O.C7H6BrClO.C6H5BF2O2.C3H7.ClH.Mg/c1-20-13-5-10(12(15)6-11(13)14(18)19)7-2-8(16)4-9(17)3-7;1-18-13-5-10(11(14)6-12(13)17)7-2-8(15)4-9(16)3-7;1-17-11-2-3-13(14)12(7-11)8-4-9(15)6-10(16)5-8;1-10-5-2-3-7(9)6(8)4-5;8-5-1-4(7(10)11)2-6(9)3-5;1-3-2;;/h2-6,18-19H,1H3;2-6H,1H3;2-7H,1H3;2-4H,1H3;1-3,10-11H;3H,1-2H3;1H;/q;;;;;-1;;+2/p-1. The summed E-state index contributed by atoms with van der Waals surface area (Å²) in [6.07, 6.45) is 2.00. The predicted octanol–water partition coefficient (Wildman–Crippen LogP) is 11.8. The van der Waals surface area contributed by atoms with Crippen LogP contribution in [0.15, 0.2) is 138 Å². The summed E-state index contributed by atoms with van der Waals surface area (Å²) in [5, 5.41) is 37.1. The second kappa shape index (κ2) is 37.2. The third kappa shape index (κ3) is 24.5. The zero-order valence-corrected chi connectivity index (χ0v) is 52.2. The van der Waals surface area contributed by atoms with Crippen molar-refractivity contribution in [3.8, 4) is 56.4 Å². The smallest absolute Gasteiger partial charge is 1.00 e. The van der Waals surface area contributed by atoms with E-state index >= 15 is 0 Å². The third-order valence-electron chi connectivity index (χ3n) is 9.84.